The third-order valence-corrected chi connectivity index (χ3v) is 5.34. The number of alkyl halides is 1. The minimum atomic E-state index is -2.99. The predicted molar refractivity (Wildman–Crippen MR) is 52.2 cm³/mol. The number of hydrogen-bond donors (Lipinski definition) is 0. The average Bonchev–Trinajstić information content (AvgIpc) is 1.97. The molecule has 0 aliphatic heterocycles. The van der Waals surface area contributed by atoms with Gasteiger partial charge in [0, 0.05) is 0 Å². The first-order valence-corrected chi connectivity index (χ1v) is 8.33. The van der Waals surface area contributed by atoms with E-state index in [1.165, 1.54) is 13.1 Å². The molecule has 0 aromatic rings. The van der Waals surface area contributed by atoms with Crippen molar-refractivity contribution in [2.75, 3.05) is 0 Å². The van der Waals surface area contributed by atoms with Crippen LogP contribution in [0.5, 0.6) is 0 Å². The molecule has 0 aliphatic rings. The molecule has 1 radical (unpaired) electrons. The highest BCUT2D eigenvalue weighted by Gasteiger charge is 2.54. The van der Waals surface area contributed by atoms with Crippen LogP contribution in [0, 0.1) is 6.43 Å². The Morgan fingerprint density at radius 1 is 1.38 bits per heavy atom. The van der Waals surface area contributed by atoms with Crippen LogP contribution in [0.4, 0.5) is 13.2 Å². The topological polar surface area (TPSA) is 0 Å². The van der Waals surface area contributed by atoms with Gasteiger partial charge in [-0.1, -0.05) is 32.9 Å². The van der Waals surface area contributed by atoms with Crippen LogP contribution in [-0.2, 0) is 0 Å². The lowest BCUT2D eigenvalue weighted by Crippen LogP contribution is -2.49. The van der Waals surface area contributed by atoms with Gasteiger partial charge in [0.15, 0.2) is 12.7 Å². The molecular formula is C8H15ClF3Si. The van der Waals surface area contributed by atoms with Crippen molar-refractivity contribution < 1.29 is 13.2 Å². The van der Waals surface area contributed by atoms with Gasteiger partial charge in [-0.05, 0) is 6.42 Å². The summed E-state index contributed by atoms with van der Waals surface area (Å²) in [4.78, 5) is 0. The fourth-order valence-electron chi connectivity index (χ4n) is 1.04. The van der Waals surface area contributed by atoms with Crippen LogP contribution >= 0.6 is 11.1 Å². The second kappa shape index (κ2) is 4.69. The van der Waals surface area contributed by atoms with Crippen molar-refractivity contribution in [1.29, 1.82) is 0 Å². The lowest BCUT2D eigenvalue weighted by Gasteiger charge is -2.32. The quantitative estimate of drug-likeness (QED) is 0.489. The highest BCUT2D eigenvalue weighted by Crippen LogP contribution is 2.42. The first kappa shape index (κ1) is 13.3. The van der Waals surface area contributed by atoms with E-state index in [0.29, 0.717) is 12.8 Å². The number of hydrogen-bond acceptors (Lipinski definition) is 0. The lowest BCUT2D eigenvalue weighted by atomic mass is 10.2. The van der Waals surface area contributed by atoms with Gasteiger partial charge in [0.05, 0.1) is 0 Å². The van der Waals surface area contributed by atoms with Crippen LogP contribution in [0.3, 0.4) is 0 Å². The molecular weight excluding hydrogens is 217 g/mol. The van der Waals surface area contributed by atoms with Crippen LogP contribution in [-0.4, -0.2) is 12.7 Å². The Hall–Kier alpha value is 0.297. The summed E-state index contributed by atoms with van der Waals surface area (Å²) < 4.78 is 38.5. The minimum Gasteiger partial charge on any atom is -0.239 e. The Labute approximate surface area is 83.2 Å². The van der Waals surface area contributed by atoms with E-state index in [2.05, 4.69) is 0 Å². The van der Waals surface area contributed by atoms with Gasteiger partial charge in [0.2, 0.25) is 0 Å². The second-order valence-electron chi connectivity index (χ2n) is 3.64. The Morgan fingerprint density at radius 2 is 1.85 bits per heavy atom. The Balaban J connectivity index is 4.54. The van der Waals surface area contributed by atoms with Crippen LogP contribution in [0.2, 0.25) is 13.1 Å². The number of halogens is 4. The monoisotopic (exact) mass is 231 g/mol. The van der Waals surface area contributed by atoms with E-state index in [-0.39, 0.29) is 6.42 Å². The van der Waals surface area contributed by atoms with Crippen molar-refractivity contribution in [2.45, 2.75) is 44.6 Å². The molecule has 0 saturated heterocycles. The zero-order valence-electron chi connectivity index (χ0n) is 8.13. The zero-order valence-corrected chi connectivity index (χ0v) is 9.89. The Bertz CT molecular complexity index is 158. The molecule has 0 saturated carbocycles. The van der Waals surface area contributed by atoms with Gasteiger partial charge in [-0.2, -0.15) is 19.9 Å². The molecule has 0 amide bonds. The Morgan fingerprint density at radius 3 is 2.08 bits per heavy atom. The molecule has 79 valence electrons. The summed E-state index contributed by atoms with van der Waals surface area (Å²) in [5, 5.41) is -2.52. The van der Waals surface area contributed by atoms with E-state index >= 15 is 0 Å². The van der Waals surface area contributed by atoms with Crippen LogP contribution in [0.1, 0.15) is 26.2 Å². The van der Waals surface area contributed by atoms with E-state index in [1.807, 2.05) is 6.92 Å². The highest BCUT2D eigenvalue weighted by molar-refractivity contribution is 7.20. The van der Waals surface area contributed by atoms with Gasteiger partial charge in [-0.25, -0.2) is 4.39 Å². The smallest absolute Gasteiger partial charge is 0.239 e. The van der Waals surface area contributed by atoms with E-state index in [1.54, 1.807) is 0 Å². The summed E-state index contributed by atoms with van der Waals surface area (Å²) in [6.07, 6.45) is -1.18. The zero-order chi connectivity index (χ0) is 10.7. The summed E-state index contributed by atoms with van der Waals surface area (Å²) in [5.41, 5.74) is 0. The van der Waals surface area contributed by atoms with Gasteiger partial charge in [-0.15, -0.1) is 0 Å². The fourth-order valence-corrected chi connectivity index (χ4v) is 2.76. The Kier molecular flexibility index (Phi) is 4.79. The molecule has 0 fully saturated rings. The molecule has 0 aliphatic carbocycles. The summed E-state index contributed by atoms with van der Waals surface area (Å²) in [6.45, 7) is 4.64. The minimum absolute atomic E-state index is 0.158. The predicted octanol–water partition coefficient (Wildman–Crippen LogP) is 4.30. The molecule has 0 aromatic heterocycles. The summed E-state index contributed by atoms with van der Waals surface area (Å²) >= 11 is 5.73. The van der Waals surface area contributed by atoms with E-state index in [4.69, 9.17) is 11.1 Å². The first-order chi connectivity index (χ1) is 5.75. The highest BCUT2D eigenvalue weighted by atomic mass is 35.6. The molecule has 0 spiro atoms. The lowest BCUT2D eigenvalue weighted by molar-refractivity contribution is 0.107. The number of rotatable bonds is 5. The van der Waals surface area contributed by atoms with Crippen molar-refractivity contribution in [3.8, 4) is 0 Å². The molecule has 0 N–H and O–H groups in total. The number of unbranched alkanes of at least 4 members (excludes halogenated alkanes) is 1. The maximum atomic E-state index is 13.8. The maximum Gasteiger partial charge on any atom is 0.344 e. The normalized spacial score (nSPS) is 17.5. The van der Waals surface area contributed by atoms with Crippen LogP contribution < -0.4 is 0 Å². The van der Waals surface area contributed by atoms with E-state index in [0.717, 1.165) is 0 Å². The molecule has 5 heteroatoms. The van der Waals surface area contributed by atoms with Crippen molar-refractivity contribution in [2.24, 2.45) is 0 Å². The van der Waals surface area contributed by atoms with Crippen molar-refractivity contribution >= 4 is 18.5 Å². The molecule has 1 atom stereocenters. The second-order valence-corrected chi connectivity index (χ2v) is 10.2. The van der Waals surface area contributed by atoms with Crippen LogP contribution in [0.15, 0.2) is 0 Å². The van der Waals surface area contributed by atoms with Crippen molar-refractivity contribution in [3.05, 3.63) is 6.43 Å². The summed E-state index contributed by atoms with van der Waals surface area (Å²) in [6, 6.07) is 0. The SMILES string of the molecule is CCCCC(F)([C](F)F)[Si](C)(C)Cl. The maximum absolute atomic E-state index is 13.8. The summed E-state index contributed by atoms with van der Waals surface area (Å²) in [7, 11) is -2.99. The molecule has 13 heavy (non-hydrogen) atoms. The first-order valence-electron chi connectivity index (χ1n) is 4.32. The van der Waals surface area contributed by atoms with Gasteiger partial charge in [-0.3, -0.25) is 0 Å². The standard InChI is InChI=1S/C8H15ClF3Si/c1-4-5-6-8(12,7(10)11)13(2,3)9/h4-6H2,1-3H3. The van der Waals surface area contributed by atoms with Crippen molar-refractivity contribution in [3.63, 3.8) is 0 Å². The molecule has 0 aromatic carbocycles. The van der Waals surface area contributed by atoms with E-state index < -0.39 is 19.1 Å². The molecule has 0 bridgehead atoms. The van der Waals surface area contributed by atoms with Gasteiger partial charge in [0.1, 0.15) is 0 Å². The van der Waals surface area contributed by atoms with Crippen molar-refractivity contribution in [1.82, 2.24) is 0 Å². The molecule has 0 heterocycles. The van der Waals surface area contributed by atoms with Gasteiger partial charge in [0.25, 0.3) is 0 Å². The molecule has 0 nitrogen and oxygen atoms in total. The van der Waals surface area contributed by atoms with Gasteiger partial charge >= 0.3 is 6.43 Å². The third-order valence-electron chi connectivity index (χ3n) is 2.12. The van der Waals surface area contributed by atoms with E-state index in [9.17, 15) is 13.2 Å². The summed E-state index contributed by atoms with van der Waals surface area (Å²) in [5.74, 6) is 0. The largest absolute Gasteiger partial charge is 0.344 e. The van der Waals surface area contributed by atoms with Crippen LogP contribution in [0.25, 0.3) is 0 Å². The molecule has 0 rings (SSSR count). The average molecular weight is 232 g/mol. The fraction of sp³-hybridized carbons (Fsp3) is 0.875. The van der Waals surface area contributed by atoms with Gasteiger partial charge < -0.3 is 0 Å². The third kappa shape index (κ3) is 3.16. The molecule has 1 unspecified atom stereocenters.